The van der Waals surface area contributed by atoms with Crippen molar-refractivity contribution in [3.63, 3.8) is 0 Å². The molecule has 0 spiro atoms. The van der Waals surface area contributed by atoms with Gasteiger partial charge in [0.25, 0.3) is 0 Å². The van der Waals surface area contributed by atoms with Gasteiger partial charge in [-0.1, -0.05) is 37.3 Å². The second-order valence-electron chi connectivity index (χ2n) is 3.99. The molecule has 60 valence electrons. The van der Waals surface area contributed by atoms with Crippen molar-refractivity contribution in [3.8, 4) is 0 Å². The maximum atomic E-state index is 2.34. The average molecular weight is 170 g/mol. The Morgan fingerprint density at radius 3 is 2.00 bits per heavy atom. The average Bonchev–Trinajstić information content (AvgIpc) is 2.06. The molecule has 0 radical (unpaired) electrons. The van der Waals surface area contributed by atoms with Crippen molar-refractivity contribution in [3.05, 3.63) is 30.3 Å². The Labute approximate surface area is 98.0 Å². The fraction of sp³-hybridized carbons (Fsp3) is 0.400. The summed E-state index contributed by atoms with van der Waals surface area (Å²) in [7, 11) is 0. The van der Waals surface area contributed by atoms with Crippen molar-refractivity contribution in [2.24, 2.45) is 0 Å². The van der Waals surface area contributed by atoms with Crippen LogP contribution in [-0.2, 0) is 0 Å². The summed E-state index contributed by atoms with van der Waals surface area (Å²) in [5.74, 6) is 0. The maximum Gasteiger partial charge on any atom is 1.00 e. The van der Waals surface area contributed by atoms with Gasteiger partial charge in [-0.3, -0.25) is 0 Å². The SMILES string of the molecule is CC[B-](C)(C)c1ccccc1.[Na+]. The van der Waals surface area contributed by atoms with Crippen molar-refractivity contribution in [2.45, 2.75) is 26.9 Å². The monoisotopic (exact) mass is 170 g/mol. The van der Waals surface area contributed by atoms with Gasteiger partial charge in [-0.05, 0) is 0 Å². The molecule has 0 fully saturated rings. The quantitative estimate of drug-likeness (QED) is 0.531. The maximum absolute atomic E-state index is 2.34. The van der Waals surface area contributed by atoms with Crippen molar-refractivity contribution < 1.29 is 29.6 Å². The predicted octanol–water partition coefficient (Wildman–Crippen LogP) is -0.374. The van der Waals surface area contributed by atoms with Crippen molar-refractivity contribution in [1.82, 2.24) is 0 Å². The first kappa shape index (κ1) is 12.3. The molecule has 0 unspecified atom stereocenters. The number of rotatable bonds is 2. The molecule has 0 N–H and O–H groups in total. The van der Waals surface area contributed by atoms with Gasteiger partial charge >= 0.3 is 29.6 Å². The normalized spacial score (nSPS) is 10.6. The van der Waals surface area contributed by atoms with E-state index in [4.69, 9.17) is 0 Å². The van der Waals surface area contributed by atoms with E-state index in [0.29, 0.717) is 0 Å². The van der Waals surface area contributed by atoms with E-state index in [-0.39, 0.29) is 35.7 Å². The Hall–Kier alpha value is 0.285. The third kappa shape index (κ3) is 2.97. The summed E-state index contributed by atoms with van der Waals surface area (Å²) in [5, 5.41) is 0. The summed E-state index contributed by atoms with van der Waals surface area (Å²) in [4.78, 5) is 0. The van der Waals surface area contributed by atoms with Crippen LogP contribution in [0.15, 0.2) is 30.3 Å². The van der Waals surface area contributed by atoms with Crippen LogP contribution in [0.25, 0.3) is 0 Å². The number of hydrogen-bond acceptors (Lipinski definition) is 0. The van der Waals surface area contributed by atoms with Gasteiger partial charge in [0.15, 0.2) is 0 Å². The van der Waals surface area contributed by atoms with Crippen LogP contribution < -0.4 is 35.0 Å². The van der Waals surface area contributed by atoms with E-state index in [0.717, 1.165) is 0 Å². The largest absolute Gasteiger partial charge is 1.00 e. The van der Waals surface area contributed by atoms with Crippen LogP contribution >= 0.6 is 0 Å². The Balaban J connectivity index is 0.00000121. The first-order valence-electron chi connectivity index (χ1n) is 4.47. The third-order valence-corrected chi connectivity index (χ3v) is 2.72. The van der Waals surface area contributed by atoms with Gasteiger partial charge in [-0.25, -0.2) is 5.46 Å². The smallest absolute Gasteiger partial charge is 0.210 e. The van der Waals surface area contributed by atoms with Crippen LogP contribution in [0.3, 0.4) is 0 Å². The molecule has 0 saturated heterocycles. The zero-order valence-corrected chi connectivity index (χ0v) is 10.7. The van der Waals surface area contributed by atoms with E-state index >= 15 is 0 Å². The zero-order valence-electron chi connectivity index (χ0n) is 8.67. The predicted molar refractivity (Wildman–Crippen MR) is 54.0 cm³/mol. The minimum atomic E-state index is -0.290. The molecule has 1 aromatic rings. The van der Waals surface area contributed by atoms with Gasteiger partial charge in [0.05, 0.1) is 0 Å². The zero-order chi connectivity index (χ0) is 8.32. The molecule has 0 heterocycles. The second-order valence-corrected chi connectivity index (χ2v) is 3.99. The standard InChI is InChI=1S/C10H16B.Na/c1-4-11(2,3)10-8-6-5-7-9-10;/h5-9H,4H2,1-3H3;/q-1;+1. The van der Waals surface area contributed by atoms with Crippen LogP contribution in [0.5, 0.6) is 0 Å². The summed E-state index contributed by atoms with van der Waals surface area (Å²) in [6, 6.07) is 10.8. The molecular weight excluding hydrogens is 154 g/mol. The summed E-state index contributed by atoms with van der Waals surface area (Å²) in [6.07, 6.45) is 0.964. The van der Waals surface area contributed by atoms with Gasteiger partial charge < -0.3 is 0 Å². The van der Waals surface area contributed by atoms with Crippen molar-refractivity contribution in [2.75, 3.05) is 0 Å². The van der Waals surface area contributed by atoms with Crippen molar-refractivity contribution in [1.29, 1.82) is 0 Å². The van der Waals surface area contributed by atoms with Crippen molar-refractivity contribution >= 4 is 11.6 Å². The van der Waals surface area contributed by atoms with Gasteiger partial charge in [0, 0.05) is 6.15 Å². The Kier molecular flexibility index (Phi) is 5.23. The van der Waals surface area contributed by atoms with E-state index in [1.807, 2.05) is 0 Å². The topological polar surface area (TPSA) is 0 Å². The Morgan fingerprint density at radius 2 is 1.58 bits per heavy atom. The van der Waals surface area contributed by atoms with E-state index in [1.165, 1.54) is 11.8 Å². The first-order valence-corrected chi connectivity index (χ1v) is 4.47. The molecule has 2 heteroatoms. The molecule has 0 nitrogen and oxygen atoms in total. The number of benzene rings is 1. The van der Waals surface area contributed by atoms with Crippen LogP contribution in [0, 0.1) is 0 Å². The van der Waals surface area contributed by atoms with E-state index in [1.54, 1.807) is 0 Å². The molecule has 0 aliphatic carbocycles. The van der Waals surface area contributed by atoms with Crippen LogP contribution in [0.1, 0.15) is 6.92 Å². The summed E-state index contributed by atoms with van der Waals surface area (Å²) in [6.45, 7) is 6.94. The fourth-order valence-corrected chi connectivity index (χ4v) is 1.21. The minimum absolute atomic E-state index is 0. The molecule has 12 heavy (non-hydrogen) atoms. The van der Waals surface area contributed by atoms with E-state index < -0.39 is 0 Å². The molecule has 0 saturated carbocycles. The Morgan fingerprint density at radius 1 is 1.08 bits per heavy atom. The summed E-state index contributed by atoms with van der Waals surface area (Å²) in [5.41, 5.74) is 1.50. The molecular formula is C10H16BNa. The van der Waals surface area contributed by atoms with Gasteiger partial charge in [-0.15, -0.1) is 0 Å². The first-order chi connectivity index (χ1) is 5.17. The minimum Gasteiger partial charge on any atom is -0.210 e. The van der Waals surface area contributed by atoms with Crippen LogP contribution in [0.2, 0.25) is 20.0 Å². The van der Waals surface area contributed by atoms with E-state index in [9.17, 15) is 0 Å². The van der Waals surface area contributed by atoms with Crippen LogP contribution in [-0.4, -0.2) is 6.15 Å². The molecule has 0 aliphatic heterocycles. The molecule has 0 aromatic heterocycles. The molecule has 1 aromatic carbocycles. The molecule has 1 rings (SSSR count). The molecule has 0 amide bonds. The van der Waals surface area contributed by atoms with Gasteiger partial charge in [-0.2, -0.15) is 20.0 Å². The molecule has 0 aliphatic rings. The summed E-state index contributed by atoms with van der Waals surface area (Å²) >= 11 is 0. The third-order valence-electron chi connectivity index (χ3n) is 2.72. The van der Waals surface area contributed by atoms with E-state index in [2.05, 4.69) is 50.9 Å². The van der Waals surface area contributed by atoms with Gasteiger partial charge in [0.2, 0.25) is 0 Å². The second kappa shape index (κ2) is 5.11. The summed E-state index contributed by atoms with van der Waals surface area (Å²) < 4.78 is 0. The molecule has 0 bridgehead atoms. The Bertz CT molecular complexity index is 219. The van der Waals surface area contributed by atoms with Crippen LogP contribution in [0.4, 0.5) is 0 Å². The molecule has 0 atom stereocenters. The fourth-order valence-electron chi connectivity index (χ4n) is 1.21. The number of hydrogen-bond donors (Lipinski definition) is 0. The van der Waals surface area contributed by atoms with Gasteiger partial charge in [0.1, 0.15) is 0 Å².